The van der Waals surface area contributed by atoms with Gasteiger partial charge in [0.25, 0.3) is 0 Å². The normalized spacial score (nSPS) is 10.3. The van der Waals surface area contributed by atoms with Crippen LogP contribution in [-0.4, -0.2) is 35.9 Å². The van der Waals surface area contributed by atoms with Crippen LogP contribution in [0.15, 0.2) is 30.3 Å². The second-order valence-electron chi connectivity index (χ2n) is 5.50. The zero-order valence-corrected chi connectivity index (χ0v) is 14.8. The van der Waals surface area contributed by atoms with Crippen molar-refractivity contribution in [3.8, 4) is 5.75 Å². The number of ketones is 1. The molecule has 0 aliphatic carbocycles. The van der Waals surface area contributed by atoms with Crippen molar-refractivity contribution in [1.29, 1.82) is 0 Å². The Balaban J connectivity index is 1.87. The van der Waals surface area contributed by atoms with Crippen molar-refractivity contribution < 1.29 is 24.2 Å². The topological polar surface area (TPSA) is 92.7 Å². The zero-order chi connectivity index (χ0) is 18.4. The lowest BCUT2D eigenvalue weighted by molar-refractivity contribution is -0.118. The molecule has 25 heavy (non-hydrogen) atoms. The lowest BCUT2D eigenvalue weighted by atomic mass is 10.1. The molecule has 1 heterocycles. The van der Waals surface area contributed by atoms with Crippen LogP contribution in [0.1, 0.15) is 37.4 Å². The standard InChI is InChI=1S/C18H19NO5S/c1-11-3-4-13(9-15(11)21)18(23)24-10-16(22)17-6-5-14(25-17)7-8-19-12(2)20/h3-6,9,21H,7-8,10H2,1-2H3,(H,19,20). The molecule has 0 atom stereocenters. The first-order valence-corrected chi connectivity index (χ1v) is 8.51. The molecule has 132 valence electrons. The highest BCUT2D eigenvalue weighted by Gasteiger charge is 2.14. The summed E-state index contributed by atoms with van der Waals surface area (Å²) >= 11 is 1.31. The van der Waals surface area contributed by atoms with Crippen LogP contribution in [0.25, 0.3) is 0 Å². The Labute approximate surface area is 149 Å². The van der Waals surface area contributed by atoms with Gasteiger partial charge in [-0.1, -0.05) is 6.07 Å². The largest absolute Gasteiger partial charge is 0.508 e. The summed E-state index contributed by atoms with van der Waals surface area (Å²) in [6, 6.07) is 7.95. The van der Waals surface area contributed by atoms with Crippen molar-refractivity contribution in [3.05, 3.63) is 51.2 Å². The van der Waals surface area contributed by atoms with Crippen LogP contribution in [0, 0.1) is 6.92 Å². The third kappa shape index (κ3) is 5.42. The molecule has 2 rings (SSSR count). The average Bonchev–Trinajstić information content (AvgIpc) is 3.03. The maximum atomic E-state index is 12.1. The van der Waals surface area contributed by atoms with Crippen LogP contribution in [0.2, 0.25) is 0 Å². The van der Waals surface area contributed by atoms with Gasteiger partial charge in [0.15, 0.2) is 6.61 Å². The summed E-state index contributed by atoms with van der Waals surface area (Å²) in [6.07, 6.45) is 0.639. The third-order valence-corrected chi connectivity index (χ3v) is 4.65. The van der Waals surface area contributed by atoms with E-state index in [1.165, 1.54) is 30.4 Å². The number of phenolic OH excluding ortho intramolecular Hbond substituents is 1. The van der Waals surface area contributed by atoms with Gasteiger partial charge in [0, 0.05) is 18.3 Å². The van der Waals surface area contributed by atoms with E-state index in [4.69, 9.17) is 4.74 Å². The fourth-order valence-corrected chi connectivity index (χ4v) is 2.98. The molecule has 2 aromatic rings. The minimum atomic E-state index is -0.661. The van der Waals surface area contributed by atoms with E-state index >= 15 is 0 Å². The zero-order valence-electron chi connectivity index (χ0n) is 14.0. The Hall–Kier alpha value is -2.67. The van der Waals surface area contributed by atoms with Gasteiger partial charge >= 0.3 is 5.97 Å². The number of aryl methyl sites for hydroxylation is 1. The number of ether oxygens (including phenoxy) is 1. The van der Waals surface area contributed by atoms with Gasteiger partial charge in [0.05, 0.1) is 10.4 Å². The van der Waals surface area contributed by atoms with E-state index in [9.17, 15) is 19.5 Å². The van der Waals surface area contributed by atoms with E-state index in [0.29, 0.717) is 23.4 Å². The quantitative estimate of drug-likeness (QED) is 0.584. The molecule has 0 aliphatic rings. The lowest BCUT2D eigenvalue weighted by Gasteiger charge is -2.05. The number of phenols is 1. The molecular weight excluding hydrogens is 342 g/mol. The molecule has 0 saturated heterocycles. The molecule has 0 aliphatic heterocycles. The van der Waals surface area contributed by atoms with Crippen LogP contribution < -0.4 is 5.32 Å². The van der Waals surface area contributed by atoms with Crippen LogP contribution in [0.5, 0.6) is 5.75 Å². The van der Waals surface area contributed by atoms with Gasteiger partial charge in [-0.15, -0.1) is 11.3 Å². The maximum Gasteiger partial charge on any atom is 0.338 e. The molecule has 2 N–H and O–H groups in total. The van der Waals surface area contributed by atoms with Crippen molar-refractivity contribution in [1.82, 2.24) is 5.32 Å². The molecule has 1 aromatic carbocycles. The Kier molecular flexibility index (Phi) is 6.30. The number of amides is 1. The maximum absolute atomic E-state index is 12.1. The molecule has 7 heteroatoms. The second kappa shape index (κ2) is 8.43. The fraction of sp³-hybridized carbons (Fsp3) is 0.278. The van der Waals surface area contributed by atoms with Crippen molar-refractivity contribution in [2.24, 2.45) is 0 Å². The van der Waals surface area contributed by atoms with Crippen molar-refractivity contribution >= 4 is 29.0 Å². The lowest BCUT2D eigenvalue weighted by Crippen LogP contribution is -2.22. The first-order chi connectivity index (χ1) is 11.9. The minimum Gasteiger partial charge on any atom is -0.508 e. The number of hydrogen-bond acceptors (Lipinski definition) is 6. The highest BCUT2D eigenvalue weighted by molar-refractivity contribution is 7.14. The van der Waals surface area contributed by atoms with Crippen LogP contribution in [-0.2, 0) is 16.0 Å². The summed E-state index contributed by atoms with van der Waals surface area (Å²) in [5.41, 5.74) is 0.844. The average molecular weight is 361 g/mol. The molecule has 6 nitrogen and oxygen atoms in total. The SMILES string of the molecule is CC(=O)NCCc1ccc(C(=O)COC(=O)c2ccc(C)c(O)c2)s1. The number of carbonyl (C=O) groups is 3. The summed E-state index contributed by atoms with van der Waals surface area (Å²) in [5.74, 6) is -1.05. The fourth-order valence-electron chi connectivity index (χ4n) is 2.05. The summed E-state index contributed by atoms with van der Waals surface area (Å²) in [5, 5.41) is 12.3. The van der Waals surface area contributed by atoms with Crippen LogP contribution in [0.4, 0.5) is 0 Å². The van der Waals surface area contributed by atoms with Crippen LogP contribution in [0.3, 0.4) is 0 Å². The molecule has 0 saturated carbocycles. The molecular formula is C18H19NO5S. The molecule has 0 unspecified atom stereocenters. The number of carbonyl (C=O) groups excluding carboxylic acids is 3. The number of hydrogen-bond donors (Lipinski definition) is 2. The third-order valence-electron chi connectivity index (χ3n) is 3.46. The predicted molar refractivity (Wildman–Crippen MR) is 94.2 cm³/mol. The summed E-state index contributed by atoms with van der Waals surface area (Å²) < 4.78 is 5.01. The number of thiophene rings is 1. The number of benzene rings is 1. The molecule has 0 spiro atoms. The molecule has 0 radical (unpaired) electrons. The van der Waals surface area contributed by atoms with Gasteiger partial charge in [-0.05, 0) is 43.2 Å². The van der Waals surface area contributed by atoms with Gasteiger partial charge in [0.1, 0.15) is 5.75 Å². The Morgan fingerprint density at radius 2 is 1.96 bits per heavy atom. The van der Waals surface area contributed by atoms with E-state index in [1.54, 1.807) is 19.1 Å². The van der Waals surface area contributed by atoms with E-state index < -0.39 is 5.97 Å². The Bertz CT molecular complexity index is 797. The van der Waals surface area contributed by atoms with E-state index in [2.05, 4.69) is 5.32 Å². The number of nitrogens with one attached hydrogen (secondary N) is 1. The first-order valence-electron chi connectivity index (χ1n) is 7.70. The van der Waals surface area contributed by atoms with Gasteiger partial charge in [-0.3, -0.25) is 9.59 Å². The van der Waals surface area contributed by atoms with Crippen molar-refractivity contribution in [2.45, 2.75) is 20.3 Å². The molecule has 1 amide bonds. The molecule has 0 bridgehead atoms. The first kappa shape index (κ1) is 18.7. The summed E-state index contributed by atoms with van der Waals surface area (Å²) in [6.45, 7) is 3.31. The Morgan fingerprint density at radius 1 is 1.20 bits per heavy atom. The van der Waals surface area contributed by atoms with Gasteiger partial charge < -0.3 is 15.2 Å². The van der Waals surface area contributed by atoms with E-state index in [0.717, 1.165) is 4.88 Å². The highest BCUT2D eigenvalue weighted by atomic mass is 32.1. The second-order valence-corrected chi connectivity index (χ2v) is 6.67. The number of rotatable bonds is 7. The molecule has 0 fully saturated rings. The Morgan fingerprint density at radius 3 is 2.64 bits per heavy atom. The van der Waals surface area contributed by atoms with Gasteiger partial charge in [-0.2, -0.15) is 0 Å². The van der Waals surface area contributed by atoms with E-state index in [1.807, 2.05) is 6.07 Å². The van der Waals surface area contributed by atoms with Gasteiger partial charge in [0.2, 0.25) is 11.7 Å². The summed E-state index contributed by atoms with van der Waals surface area (Å²) in [7, 11) is 0. The monoisotopic (exact) mass is 361 g/mol. The van der Waals surface area contributed by atoms with E-state index in [-0.39, 0.29) is 29.6 Å². The minimum absolute atomic E-state index is 0.00263. The van der Waals surface area contributed by atoms with Gasteiger partial charge in [-0.25, -0.2) is 4.79 Å². The summed E-state index contributed by atoms with van der Waals surface area (Å²) in [4.78, 5) is 36.3. The van der Waals surface area contributed by atoms with Crippen molar-refractivity contribution in [3.63, 3.8) is 0 Å². The van der Waals surface area contributed by atoms with Crippen LogP contribution >= 0.6 is 11.3 Å². The smallest absolute Gasteiger partial charge is 0.338 e. The number of Topliss-reactive ketones (excluding diaryl/α,β-unsaturated/α-hetero) is 1. The molecule has 1 aromatic heterocycles. The number of esters is 1. The number of aromatic hydroxyl groups is 1. The van der Waals surface area contributed by atoms with Crippen molar-refractivity contribution in [2.75, 3.05) is 13.2 Å². The predicted octanol–water partition coefficient (Wildman–Crippen LogP) is 2.48. The highest BCUT2D eigenvalue weighted by Crippen LogP contribution is 2.19.